The molecule has 3 aromatic heterocycles. The highest BCUT2D eigenvalue weighted by Crippen LogP contribution is 2.23. The van der Waals surface area contributed by atoms with Gasteiger partial charge in [0.2, 0.25) is 0 Å². The van der Waals surface area contributed by atoms with Gasteiger partial charge in [0.1, 0.15) is 10.7 Å². The van der Waals surface area contributed by atoms with E-state index in [9.17, 15) is 0 Å². The standard InChI is InChI=1S/C11H8BrClN6/c12-7-1-2-15-9(13)6(7)3-19-5-18-10(14)8-11(19)17-4-16-8/h1-2,4-5,14H,3H2,(H,16,17). The summed E-state index contributed by atoms with van der Waals surface area (Å²) in [5.74, 6) is 0. The minimum absolute atomic E-state index is 0.167. The summed E-state index contributed by atoms with van der Waals surface area (Å²) in [5, 5.41) is 8.13. The van der Waals surface area contributed by atoms with Crippen LogP contribution in [0.5, 0.6) is 0 Å². The Morgan fingerprint density at radius 3 is 3.00 bits per heavy atom. The molecule has 0 fully saturated rings. The van der Waals surface area contributed by atoms with Crippen molar-refractivity contribution in [1.29, 1.82) is 5.41 Å². The molecule has 0 saturated heterocycles. The van der Waals surface area contributed by atoms with Gasteiger partial charge in [-0.15, -0.1) is 0 Å². The van der Waals surface area contributed by atoms with Gasteiger partial charge in [-0.2, -0.15) is 0 Å². The van der Waals surface area contributed by atoms with Crippen molar-refractivity contribution in [2.24, 2.45) is 0 Å². The van der Waals surface area contributed by atoms with Gasteiger partial charge in [-0.3, -0.25) is 5.41 Å². The molecule has 0 aliphatic rings. The Balaban J connectivity index is 2.14. The summed E-state index contributed by atoms with van der Waals surface area (Å²) < 4.78 is 2.69. The highest BCUT2D eigenvalue weighted by Gasteiger charge is 2.10. The maximum Gasteiger partial charge on any atom is 0.173 e. The fraction of sp³-hybridized carbons (Fsp3) is 0.0909. The number of nitrogens with one attached hydrogen (secondary N) is 2. The third-order valence-electron chi connectivity index (χ3n) is 2.73. The number of aromatic amines is 1. The van der Waals surface area contributed by atoms with E-state index in [1.165, 1.54) is 0 Å². The van der Waals surface area contributed by atoms with E-state index in [0.717, 1.165) is 10.0 Å². The summed E-state index contributed by atoms with van der Waals surface area (Å²) in [6.45, 7) is 0.474. The second-order valence-electron chi connectivity index (χ2n) is 3.88. The van der Waals surface area contributed by atoms with E-state index in [1.54, 1.807) is 18.9 Å². The second-order valence-corrected chi connectivity index (χ2v) is 5.10. The summed E-state index contributed by atoms with van der Waals surface area (Å²) in [5.41, 5.74) is 2.27. The van der Waals surface area contributed by atoms with Gasteiger partial charge in [-0.05, 0) is 6.07 Å². The highest BCUT2D eigenvalue weighted by atomic mass is 79.9. The molecule has 19 heavy (non-hydrogen) atoms. The molecule has 0 amide bonds. The van der Waals surface area contributed by atoms with Gasteiger partial charge in [-0.25, -0.2) is 15.0 Å². The van der Waals surface area contributed by atoms with Crippen molar-refractivity contribution >= 4 is 38.7 Å². The van der Waals surface area contributed by atoms with E-state index in [4.69, 9.17) is 17.0 Å². The Hall–Kier alpha value is -1.73. The zero-order valence-corrected chi connectivity index (χ0v) is 11.9. The normalized spacial score (nSPS) is 11.1. The Morgan fingerprint density at radius 1 is 1.37 bits per heavy atom. The molecule has 0 aliphatic heterocycles. The number of H-pyrrole nitrogens is 1. The lowest BCUT2D eigenvalue weighted by molar-refractivity contribution is 0.777. The van der Waals surface area contributed by atoms with Gasteiger partial charge in [-0.1, -0.05) is 27.5 Å². The topological polar surface area (TPSA) is 83.2 Å². The zero-order chi connectivity index (χ0) is 13.4. The van der Waals surface area contributed by atoms with Crippen LogP contribution in [0.2, 0.25) is 5.15 Å². The van der Waals surface area contributed by atoms with Crippen LogP contribution in [0.25, 0.3) is 11.2 Å². The van der Waals surface area contributed by atoms with Crippen molar-refractivity contribution in [2.45, 2.75) is 6.54 Å². The largest absolute Gasteiger partial charge is 0.340 e. The lowest BCUT2D eigenvalue weighted by Gasteiger charge is -2.09. The van der Waals surface area contributed by atoms with Gasteiger partial charge in [0.05, 0.1) is 19.2 Å². The molecule has 2 N–H and O–H groups in total. The van der Waals surface area contributed by atoms with E-state index in [0.29, 0.717) is 22.9 Å². The lowest BCUT2D eigenvalue weighted by atomic mass is 10.3. The number of nitrogens with zero attached hydrogens (tertiary/aromatic N) is 4. The molecule has 0 unspecified atom stereocenters. The molecule has 0 aromatic carbocycles. The molecular weight excluding hydrogens is 332 g/mol. The van der Waals surface area contributed by atoms with Gasteiger partial charge < -0.3 is 9.55 Å². The fourth-order valence-electron chi connectivity index (χ4n) is 1.80. The first kappa shape index (κ1) is 12.3. The first-order chi connectivity index (χ1) is 9.16. The van der Waals surface area contributed by atoms with Crippen molar-refractivity contribution in [3.8, 4) is 0 Å². The Morgan fingerprint density at radius 2 is 2.21 bits per heavy atom. The SMILES string of the molecule is N=c1ncn(Cc2c(Br)ccnc2Cl)c2nc[nH]c12. The molecule has 0 radical (unpaired) electrons. The number of halogens is 2. The predicted octanol–water partition coefficient (Wildman–Crippen LogP) is 2.10. The zero-order valence-electron chi connectivity index (χ0n) is 9.56. The van der Waals surface area contributed by atoms with Crippen molar-refractivity contribution in [3.63, 3.8) is 0 Å². The smallest absolute Gasteiger partial charge is 0.173 e. The van der Waals surface area contributed by atoms with Crippen LogP contribution >= 0.6 is 27.5 Å². The van der Waals surface area contributed by atoms with E-state index < -0.39 is 0 Å². The number of hydrogen-bond donors (Lipinski definition) is 2. The number of fused-ring (bicyclic) bond motifs is 1. The van der Waals surface area contributed by atoms with Crippen LogP contribution in [0.1, 0.15) is 5.56 Å². The fourth-order valence-corrected chi connectivity index (χ4v) is 2.56. The monoisotopic (exact) mass is 338 g/mol. The molecule has 0 atom stereocenters. The van der Waals surface area contributed by atoms with Crippen LogP contribution in [0, 0.1) is 5.41 Å². The molecule has 8 heteroatoms. The summed E-state index contributed by atoms with van der Waals surface area (Å²) in [6, 6.07) is 1.83. The number of imidazole rings is 1. The average Bonchev–Trinajstić information content (AvgIpc) is 2.87. The minimum Gasteiger partial charge on any atom is -0.340 e. The number of rotatable bonds is 2. The first-order valence-corrected chi connectivity index (χ1v) is 6.56. The second kappa shape index (κ2) is 4.75. The molecule has 0 saturated carbocycles. The van der Waals surface area contributed by atoms with E-state index in [-0.39, 0.29) is 5.49 Å². The van der Waals surface area contributed by atoms with Crippen LogP contribution in [0.3, 0.4) is 0 Å². The molecule has 6 nitrogen and oxygen atoms in total. The van der Waals surface area contributed by atoms with Gasteiger partial charge in [0, 0.05) is 16.2 Å². The summed E-state index contributed by atoms with van der Waals surface area (Å²) in [7, 11) is 0. The maximum atomic E-state index is 7.70. The summed E-state index contributed by atoms with van der Waals surface area (Å²) >= 11 is 9.55. The van der Waals surface area contributed by atoms with Crippen LogP contribution in [-0.4, -0.2) is 24.5 Å². The summed E-state index contributed by atoms with van der Waals surface area (Å²) in [4.78, 5) is 15.2. The van der Waals surface area contributed by atoms with E-state index in [2.05, 4.69) is 35.9 Å². The Kier molecular flexibility index (Phi) is 3.08. The maximum absolute atomic E-state index is 7.70. The van der Waals surface area contributed by atoms with Crippen LogP contribution in [0.15, 0.2) is 29.4 Å². The van der Waals surface area contributed by atoms with Crippen LogP contribution in [0.4, 0.5) is 0 Å². The summed E-state index contributed by atoms with van der Waals surface area (Å²) in [6.07, 6.45) is 4.75. The average molecular weight is 340 g/mol. The first-order valence-electron chi connectivity index (χ1n) is 5.39. The molecule has 0 bridgehead atoms. The van der Waals surface area contributed by atoms with Crippen molar-refractivity contribution < 1.29 is 0 Å². The quantitative estimate of drug-likeness (QED) is 0.701. The van der Waals surface area contributed by atoms with Crippen LogP contribution < -0.4 is 5.49 Å². The van der Waals surface area contributed by atoms with Gasteiger partial charge >= 0.3 is 0 Å². The molecule has 3 heterocycles. The highest BCUT2D eigenvalue weighted by molar-refractivity contribution is 9.10. The van der Waals surface area contributed by atoms with Gasteiger partial charge in [0.25, 0.3) is 0 Å². The number of aromatic nitrogens is 5. The third kappa shape index (κ3) is 2.15. The molecule has 96 valence electrons. The number of hydrogen-bond acceptors (Lipinski definition) is 4. The van der Waals surface area contributed by atoms with Crippen LogP contribution in [-0.2, 0) is 6.54 Å². The van der Waals surface area contributed by atoms with Crippen molar-refractivity contribution in [1.82, 2.24) is 24.5 Å². The van der Waals surface area contributed by atoms with E-state index >= 15 is 0 Å². The van der Waals surface area contributed by atoms with Crippen molar-refractivity contribution in [3.05, 3.63) is 45.6 Å². The van der Waals surface area contributed by atoms with Crippen molar-refractivity contribution in [2.75, 3.05) is 0 Å². The van der Waals surface area contributed by atoms with Gasteiger partial charge in [0.15, 0.2) is 11.1 Å². The lowest BCUT2D eigenvalue weighted by Crippen LogP contribution is -2.13. The molecule has 0 aliphatic carbocycles. The molecule has 3 aromatic rings. The molecule has 0 spiro atoms. The Labute approximate surface area is 121 Å². The predicted molar refractivity (Wildman–Crippen MR) is 73.8 cm³/mol. The third-order valence-corrected chi connectivity index (χ3v) is 3.80. The Bertz CT molecular complexity index is 788. The minimum atomic E-state index is 0.167. The van der Waals surface area contributed by atoms with E-state index in [1.807, 2.05) is 10.6 Å². The molecular formula is C11H8BrClN6. The number of pyridine rings is 1. The molecule has 3 rings (SSSR count).